The molecule has 4 heteroatoms. The van der Waals surface area contributed by atoms with Gasteiger partial charge in [-0.25, -0.2) is 9.82 Å². The monoisotopic (exact) mass is 284 g/mol. The smallest absolute Gasteiger partial charge is 0.134 e. The third-order valence-electron chi connectivity index (χ3n) is 3.72. The number of nitrogens with one attached hydrogen (secondary N) is 1. The number of rotatable bonds is 4. The predicted molar refractivity (Wildman–Crippen MR) is 81.1 cm³/mol. The minimum atomic E-state index is -0.240. The first kappa shape index (κ1) is 13.8. The van der Waals surface area contributed by atoms with Crippen molar-refractivity contribution in [3.8, 4) is 0 Å². The molecule has 1 heterocycles. The maximum atomic E-state index is 13.4. The first-order chi connectivity index (χ1) is 10.2. The van der Waals surface area contributed by atoms with Gasteiger partial charge in [-0.3, -0.25) is 5.84 Å². The molecule has 0 spiro atoms. The van der Waals surface area contributed by atoms with Crippen LogP contribution in [0.2, 0.25) is 0 Å². The maximum Gasteiger partial charge on any atom is 0.134 e. The fourth-order valence-electron chi connectivity index (χ4n) is 2.50. The van der Waals surface area contributed by atoms with Crippen molar-refractivity contribution in [1.82, 2.24) is 5.43 Å². The molecule has 1 aromatic heterocycles. The van der Waals surface area contributed by atoms with E-state index < -0.39 is 0 Å². The molecule has 0 radical (unpaired) electrons. The van der Waals surface area contributed by atoms with Gasteiger partial charge in [-0.05, 0) is 48.7 Å². The van der Waals surface area contributed by atoms with E-state index in [1.807, 2.05) is 37.3 Å². The first-order valence-electron chi connectivity index (χ1n) is 6.87. The van der Waals surface area contributed by atoms with Crippen molar-refractivity contribution in [2.45, 2.75) is 19.4 Å². The van der Waals surface area contributed by atoms with Crippen LogP contribution in [0.4, 0.5) is 4.39 Å². The molecule has 0 aliphatic heterocycles. The molecule has 3 N–H and O–H groups in total. The van der Waals surface area contributed by atoms with Crippen molar-refractivity contribution >= 4 is 11.0 Å². The normalized spacial score (nSPS) is 12.7. The summed E-state index contributed by atoms with van der Waals surface area (Å²) in [6, 6.07) is 14.3. The van der Waals surface area contributed by atoms with Crippen LogP contribution in [0.25, 0.3) is 11.0 Å². The second-order valence-corrected chi connectivity index (χ2v) is 5.18. The molecule has 3 aromatic rings. The second kappa shape index (κ2) is 5.68. The van der Waals surface area contributed by atoms with Crippen LogP contribution in [0, 0.1) is 12.7 Å². The lowest BCUT2D eigenvalue weighted by molar-refractivity contribution is 0.433. The molecule has 108 valence electrons. The third kappa shape index (κ3) is 2.82. The number of para-hydroxylation sites is 1. The largest absolute Gasteiger partial charge is 0.459 e. The highest BCUT2D eigenvalue weighted by molar-refractivity contribution is 5.77. The van der Waals surface area contributed by atoms with Gasteiger partial charge in [-0.1, -0.05) is 24.3 Å². The van der Waals surface area contributed by atoms with E-state index in [4.69, 9.17) is 10.3 Å². The summed E-state index contributed by atoms with van der Waals surface area (Å²) < 4.78 is 19.2. The molecule has 0 bridgehead atoms. The fraction of sp³-hybridized carbons (Fsp3) is 0.176. The van der Waals surface area contributed by atoms with Gasteiger partial charge in [0.1, 0.15) is 17.2 Å². The summed E-state index contributed by atoms with van der Waals surface area (Å²) in [6.45, 7) is 1.96. The van der Waals surface area contributed by atoms with E-state index in [0.29, 0.717) is 6.42 Å². The topological polar surface area (TPSA) is 51.2 Å². The maximum absolute atomic E-state index is 13.4. The zero-order valence-electron chi connectivity index (χ0n) is 11.8. The van der Waals surface area contributed by atoms with Crippen molar-refractivity contribution in [2.24, 2.45) is 5.84 Å². The lowest BCUT2D eigenvalue weighted by Crippen LogP contribution is -2.29. The SMILES string of the molecule is Cc1ccc(F)cc1CC(NN)c1cc2ccccc2o1. The molecule has 0 fully saturated rings. The summed E-state index contributed by atoms with van der Waals surface area (Å²) in [7, 11) is 0. The Balaban J connectivity index is 1.92. The van der Waals surface area contributed by atoms with Crippen LogP contribution < -0.4 is 11.3 Å². The van der Waals surface area contributed by atoms with E-state index in [2.05, 4.69) is 5.43 Å². The van der Waals surface area contributed by atoms with Crippen LogP contribution in [0.1, 0.15) is 22.9 Å². The minimum absolute atomic E-state index is 0.196. The molecule has 1 unspecified atom stereocenters. The van der Waals surface area contributed by atoms with E-state index in [-0.39, 0.29) is 11.9 Å². The molecule has 0 saturated carbocycles. The average Bonchev–Trinajstić information content (AvgIpc) is 2.91. The van der Waals surface area contributed by atoms with Crippen molar-refractivity contribution in [3.05, 3.63) is 71.2 Å². The molecular formula is C17H17FN2O. The zero-order valence-corrected chi connectivity index (χ0v) is 11.8. The van der Waals surface area contributed by atoms with Gasteiger partial charge >= 0.3 is 0 Å². The van der Waals surface area contributed by atoms with Gasteiger partial charge in [-0.15, -0.1) is 0 Å². The third-order valence-corrected chi connectivity index (χ3v) is 3.72. The van der Waals surface area contributed by atoms with E-state index in [1.165, 1.54) is 6.07 Å². The van der Waals surface area contributed by atoms with Crippen molar-refractivity contribution in [3.63, 3.8) is 0 Å². The number of furan rings is 1. The summed E-state index contributed by atoms with van der Waals surface area (Å²) in [5, 5.41) is 1.03. The number of nitrogens with two attached hydrogens (primary N) is 1. The van der Waals surface area contributed by atoms with Gasteiger partial charge in [0.15, 0.2) is 0 Å². The summed E-state index contributed by atoms with van der Waals surface area (Å²) in [6.07, 6.45) is 0.569. The molecule has 2 aromatic carbocycles. The first-order valence-corrected chi connectivity index (χ1v) is 6.87. The van der Waals surface area contributed by atoms with Crippen LogP contribution in [0.15, 0.2) is 52.9 Å². The molecule has 0 aliphatic rings. The Morgan fingerprint density at radius 2 is 2.00 bits per heavy atom. The molecule has 0 amide bonds. The van der Waals surface area contributed by atoms with Crippen molar-refractivity contribution < 1.29 is 8.81 Å². The van der Waals surface area contributed by atoms with Gasteiger partial charge in [-0.2, -0.15) is 0 Å². The molecule has 1 atom stereocenters. The molecule has 3 nitrogen and oxygen atoms in total. The van der Waals surface area contributed by atoms with Crippen LogP contribution >= 0.6 is 0 Å². The summed E-state index contributed by atoms with van der Waals surface area (Å²) in [5.74, 6) is 6.17. The second-order valence-electron chi connectivity index (χ2n) is 5.18. The van der Waals surface area contributed by atoms with E-state index >= 15 is 0 Å². The van der Waals surface area contributed by atoms with Crippen molar-refractivity contribution in [1.29, 1.82) is 0 Å². The Hall–Kier alpha value is -2.17. The van der Waals surface area contributed by atoms with Gasteiger partial charge in [0.05, 0.1) is 6.04 Å². The van der Waals surface area contributed by atoms with Gasteiger partial charge in [0.25, 0.3) is 0 Å². The Bertz CT molecular complexity index is 733. The standard InChI is InChI=1S/C17H17FN2O/c1-11-6-7-14(18)8-13(11)9-15(20-19)17-10-12-4-2-3-5-16(12)21-17/h2-8,10,15,20H,9,19H2,1H3. The van der Waals surface area contributed by atoms with E-state index in [9.17, 15) is 4.39 Å². The Labute approximate surface area is 122 Å². The number of hydrazine groups is 1. The number of fused-ring (bicyclic) bond motifs is 1. The number of halogens is 1. The summed E-state index contributed by atoms with van der Waals surface area (Å²) in [4.78, 5) is 0. The molecule has 3 rings (SSSR count). The molecular weight excluding hydrogens is 267 g/mol. The van der Waals surface area contributed by atoms with Crippen LogP contribution in [-0.2, 0) is 6.42 Å². The van der Waals surface area contributed by atoms with Crippen molar-refractivity contribution in [2.75, 3.05) is 0 Å². The Morgan fingerprint density at radius 1 is 1.19 bits per heavy atom. The van der Waals surface area contributed by atoms with Gasteiger partial charge < -0.3 is 4.42 Å². The Kier molecular flexibility index (Phi) is 3.73. The molecule has 21 heavy (non-hydrogen) atoms. The average molecular weight is 284 g/mol. The minimum Gasteiger partial charge on any atom is -0.459 e. The quantitative estimate of drug-likeness (QED) is 0.568. The molecule has 0 saturated heterocycles. The summed E-state index contributed by atoms with van der Waals surface area (Å²) >= 11 is 0. The number of benzene rings is 2. The van der Waals surface area contributed by atoms with Crippen LogP contribution in [-0.4, -0.2) is 0 Å². The van der Waals surface area contributed by atoms with Crippen LogP contribution in [0.3, 0.4) is 0 Å². The number of hydrogen-bond donors (Lipinski definition) is 2. The van der Waals surface area contributed by atoms with E-state index in [1.54, 1.807) is 12.1 Å². The zero-order chi connectivity index (χ0) is 14.8. The lowest BCUT2D eigenvalue weighted by Gasteiger charge is -2.15. The van der Waals surface area contributed by atoms with Crippen LogP contribution in [0.5, 0.6) is 0 Å². The highest BCUT2D eigenvalue weighted by atomic mass is 19.1. The number of aryl methyl sites for hydroxylation is 1. The van der Waals surface area contributed by atoms with Gasteiger partial charge in [0, 0.05) is 5.39 Å². The predicted octanol–water partition coefficient (Wildman–Crippen LogP) is 3.63. The molecule has 0 aliphatic carbocycles. The lowest BCUT2D eigenvalue weighted by atomic mass is 10.00. The highest BCUT2D eigenvalue weighted by Crippen LogP contribution is 2.26. The summed E-state index contributed by atoms with van der Waals surface area (Å²) in [5.41, 5.74) is 5.53. The van der Waals surface area contributed by atoms with Gasteiger partial charge in [0.2, 0.25) is 0 Å². The van der Waals surface area contributed by atoms with E-state index in [0.717, 1.165) is 27.9 Å². The fourth-order valence-corrected chi connectivity index (χ4v) is 2.50. The highest BCUT2D eigenvalue weighted by Gasteiger charge is 2.17. The number of hydrogen-bond acceptors (Lipinski definition) is 3. The Morgan fingerprint density at radius 3 is 2.76 bits per heavy atom.